The smallest absolute Gasteiger partial charge is 0.194 e. The van der Waals surface area contributed by atoms with Crippen molar-refractivity contribution in [1.29, 1.82) is 0 Å². The fourth-order valence-corrected chi connectivity index (χ4v) is 3.42. The number of aliphatic hydroxyl groups excluding tert-OH is 1. The van der Waals surface area contributed by atoms with Gasteiger partial charge in [-0.25, -0.2) is 4.39 Å². The minimum absolute atomic E-state index is 0.0321. The van der Waals surface area contributed by atoms with Crippen LogP contribution in [0.15, 0.2) is 53.5 Å². The van der Waals surface area contributed by atoms with Gasteiger partial charge in [0.15, 0.2) is 5.96 Å². The van der Waals surface area contributed by atoms with Crippen molar-refractivity contribution in [1.82, 2.24) is 10.2 Å². The van der Waals surface area contributed by atoms with Crippen LogP contribution < -0.4 is 5.32 Å². The lowest BCUT2D eigenvalue weighted by Crippen LogP contribution is -2.48. The molecule has 3 rings (SSSR count). The maximum atomic E-state index is 13.9. The molecule has 150 valence electrons. The van der Waals surface area contributed by atoms with Gasteiger partial charge >= 0.3 is 0 Å². The minimum Gasteiger partial charge on any atom is -0.386 e. The van der Waals surface area contributed by atoms with Crippen molar-refractivity contribution in [3.05, 3.63) is 71.0 Å². The molecule has 2 aromatic carbocycles. The number of halogens is 1. The third kappa shape index (κ3) is 4.88. The number of nitrogens with zero attached hydrogens (tertiary/aromatic N) is 2. The van der Waals surface area contributed by atoms with Crippen molar-refractivity contribution in [2.45, 2.75) is 26.1 Å². The van der Waals surface area contributed by atoms with Gasteiger partial charge in [-0.1, -0.05) is 42.5 Å². The van der Waals surface area contributed by atoms with Crippen LogP contribution in [-0.4, -0.2) is 48.8 Å². The molecule has 1 aliphatic rings. The molecule has 0 aromatic heterocycles. The van der Waals surface area contributed by atoms with Crippen molar-refractivity contribution in [2.24, 2.45) is 4.99 Å². The summed E-state index contributed by atoms with van der Waals surface area (Å²) in [5.74, 6) is 0.293. The Bertz CT molecular complexity index is 812. The zero-order valence-corrected chi connectivity index (χ0v) is 16.4. The molecule has 28 heavy (non-hydrogen) atoms. The second kappa shape index (κ2) is 9.66. The Labute approximate surface area is 165 Å². The lowest BCUT2D eigenvalue weighted by Gasteiger charge is -2.36. The number of benzene rings is 2. The van der Waals surface area contributed by atoms with E-state index in [1.165, 1.54) is 17.2 Å². The summed E-state index contributed by atoms with van der Waals surface area (Å²) >= 11 is 0. The molecule has 6 heteroatoms. The van der Waals surface area contributed by atoms with Crippen LogP contribution in [0.1, 0.15) is 35.8 Å². The Balaban J connectivity index is 1.73. The Morgan fingerprint density at radius 2 is 2.04 bits per heavy atom. The number of ether oxygens (including phenoxy) is 1. The Morgan fingerprint density at radius 1 is 1.29 bits per heavy atom. The largest absolute Gasteiger partial charge is 0.386 e. The number of guanidine groups is 1. The van der Waals surface area contributed by atoms with Gasteiger partial charge in [-0.05, 0) is 31.0 Å². The second-order valence-corrected chi connectivity index (χ2v) is 6.89. The molecule has 1 fully saturated rings. The average Bonchev–Trinajstić information content (AvgIpc) is 2.71. The molecule has 0 spiro atoms. The summed E-state index contributed by atoms with van der Waals surface area (Å²) in [4.78, 5) is 6.70. The van der Waals surface area contributed by atoms with Crippen molar-refractivity contribution in [2.75, 3.05) is 32.8 Å². The average molecular weight is 385 g/mol. The van der Waals surface area contributed by atoms with E-state index in [1.54, 1.807) is 18.2 Å². The monoisotopic (exact) mass is 385 g/mol. The Hall–Kier alpha value is -2.44. The van der Waals surface area contributed by atoms with Crippen LogP contribution in [0.4, 0.5) is 4.39 Å². The van der Waals surface area contributed by atoms with Gasteiger partial charge in [0.05, 0.1) is 19.7 Å². The van der Waals surface area contributed by atoms with Gasteiger partial charge < -0.3 is 20.1 Å². The first-order valence-corrected chi connectivity index (χ1v) is 9.73. The fraction of sp³-hybridized carbons (Fsp3) is 0.409. The molecule has 0 radical (unpaired) electrons. The van der Waals surface area contributed by atoms with Crippen LogP contribution in [0.5, 0.6) is 0 Å². The molecule has 2 aromatic rings. The number of aryl methyl sites for hydroxylation is 1. The van der Waals surface area contributed by atoms with E-state index in [2.05, 4.69) is 34.3 Å². The number of hydrogen-bond donors (Lipinski definition) is 2. The van der Waals surface area contributed by atoms with E-state index in [9.17, 15) is 9.50 Å². The highest BCUT2D eigenvalue weighted by atomic mass is 19.1. The maximum Gasteiger partial charge on any atom is 0.194 e. The van der Waals surface area contributed by atoms with Crippen molar-refractivity contribution >= 4 is 5.96 Å². The van der Waals surface area contributed by atoms with E-state index < -0.39 is 11.9 Å². The molecule has 0 saturated carbocycles. The molecule has 1 heterocycles. The first kappa shape index (κ1) is 20.3. The van der Waals surface area contributed by atoms with Crippen LogP contribution in [0.2, 0.25) is 0 Å². The van der Waals surface area contributed by atoms with Gasteiger partial charge in [-0.15, -0.1) is 0 Å². The molecule has 0 amide bonds. The van der Waals surface area contributed by atoms with E-state index in [4.69, 9.17) is 4.74 Å². The molecule has 2 N–H and O–H groups in total. The van der Waals surface area contributed by atoms with Gasteiger partial charge in [0, 0.05) is 18.7 Å². The summed E-state index contributed by atoms with van der Waals surface area (Å²) < 4.78 is 19.9. The molecule has 1 saturated heterocycles. The zero-order chi connectivity index (χ0) is 19.9. The Kier molecular flexibility index (Phi) is 7.01. The van der Waals surface area contributed by atoms with Crippen LogP contribution >= 0.6 is 0 Å². The van der Waals surface area contributed by atoms with Crippen LogP contribution in [0.25, 0.3) is 0 Å². The summed E-state index contributed by atoms with van der Waals surface area (Å²) in [6, 6.07) is 14.5. The third-order valence-corrected chi connectivity index (χ3v) is 4.91. The lowest BCUT2D eigenvalue weighted by molar-refractivity contribution is -0.00839. The normalized spacial score (nSPS) is 18.8. The summed E-state index contributed by atoms with van der Waals surface area (Å²) in [7, 11) is 0. The Morgan fingerprint density at radius 3 is 2.79 bits per heavy atom. The summed E-state index contributed by atoms with van der Waals surface area (Å²) in [6.45, 7) is 6.87. The molecule has 5 nitrogen and oxygen atoms in total. The predicted molar refractivity (Wildman–Crippen MR) is 109 cm³/mol. The van der Waals surface area contributed by atoms with Crippen LogP contribution in [-0.2, 0) is 4.74 Å². The predicted octanol–water partition coefficient (Wildman–Crippen LogP) is 3.21. The van der Waals surface area contributed by atoms with Crippen molar-refractivity contribution in [3.8, 4) is 0 Å². The van der Waals surface area contributed by atoms with E-state index in [0.29, 0.717) is 32.2 Å². The van der Waals surface area contributed by atoms with E-state index in [-0.39, 0.29) is 18.2 Å². The summed E-state index contributed by atoms with van der Waals surface area (Å²) in [5.41, 5.74) is 2.64. The highest BCUT2D eigenvalue weighted by Gasteiger charge is 2.25. The number of aliphatic hydroxyl groups is 1. The van der Waals surface area contributed by atoms with Gasteiger partial charge in [-0.2, -0.15) is 0 Å². The minimum atomic E-state index is -0.983. The highest BCUT2D eigenvalue weighted by molar-refractivity contribution is 5.80. The quantitative estimate of drug-likeness (QED) is 0.613. The zero-order valence-electron chi connectivity index (χ0n) is 16.4. The number of rotatable bonds is 5. The first-order valence-electron chi connectivity index (χ1n) is 9.73. The van der Waals surface area contributed by atoms with Gasteiger partial charge in [0.1, 0.15) is 18.0 Å². The standard InChI is InChI=1S/C22H28FN3O2/c1-3-24-22(25-14-20(27)18-10-6-7-11-19(18)23)26-12-13-28-21(15-26)17-9-5-4-8-16(17)2/h4-11,20-21,27H,3,12-15H2,1-2H3,(H,24,25). The molecule has 2 unspecified atom stereocenters. The number of aliphatic imine (C=N–C) groups is 1. The number of hydrogen-bond acceptors (Lipinski definition) is 3. The molecular formula is C22H28FN3O2. The summed E-state index contributed by atoms with van der Waals surface area (Å²) in [5, 5.41) is 13.6. The molecule has 2 atom stereocenters. The third-order valence-electron chi connectivity index (χ3n) is 4.91. The van der Waals surface area contributed by atoms with E-state index in [1.807, 2.05) is 19.1 Å². The number of nitrogens with one attached hydrogen (secondary N) is 1. The highest BCUT2D eigenvalue weighted by Crippen LogP contribution is 2.25. The van der Waals surface area contributed by atoms with Crippen molar-refractivity contribution in [3.63, 3.8) is 0 Å². The topological polar surface area (TPSA) is 57.1 Å². The SMILES string of the molecule is CCNC(=NCC(O)c1ccccc1F)N1CCOC(c2ccccc2C)C1. The van der Waals surface area contributed by atoms with Crippen molar-refractivity contribution < 1.29 is 14.2 Å². The summed E-state index contributed by atoms with van der Waals surface area (Å²) in [6.07, 6.45) is -1.02. The van der Waals surface area contributed by atoms with Crippen LogP contribution in [0, 0.1) is 12.7 Å². The second-order valence-electron chi connectivity index (χ2n) is 6.89. The molecular weight excluding hydrogens is 357 g/mol. The lowest BCUT2D eigenvalue weighted by atomic mass is 10.0. The van der Waals surface area contributed by atoms with E-state index in [0.717, 1.165) is 0 Å². The number of morpholine rings is 1. The van der Waals surface area contributed by atoms with Gasteiger partial charge in [-0.3, -0.25) is 4.99 Å². The first-order chi connectivity index (χ1) is 13.6. The molecule has 0 bridgehead atoms. The maximum absolute atomic E-state index is 13.9. The van der Waals surface area contributed by atoms with E-state index >= 15 is 0 Å². The molecule has 0 aliphatic carbocycles. The van der Waals surface area contributed by atoms with Gasteiger partial charge in [0.25, 0.3) is 0 Å². The molecule has 1 aliphatic heterocycles. The fourth-order valence-electron chi connectivity index (χ4n) is 3.42. The van der Waals surface area contributed by atoms with Crippen LogP contribution in [0.3, 0.4) is 0 Å². The van der Waals surface area contributed by atoms with Gasteiger partial charge in [0.2, 0.25) is 0 Å².